The van der Waals surface area contributed by atoms with Crippen molar-refractivity contribution in [2.45, 2.75) is 13.0 Å². The molecule has 2 aromatic rings. The molecule has 0 saturated heterocycles. The molecule has 4 rings (SSSR count). The quantitative estimate of drug-likeness (QED) is 0.565. The zero-order valence-electron chi connectivity index (χ0n) is 16.0. The van der Waals surface area contributed by atoms with E-state index >= 15 is 0 Å². The first-order valence-electron chi connectivity index (χ1n) is 9.24. The number of esters is 1. The van der Waals surface area contributed by atoms with E-state index in [2.05, 4.69) is 5.32 Å². The molecule has 9 heteroatoms. The number of para-hydroxylation sites is 1. The highest BCUT2D eigenvalue weighted by atomic mass is 16.7. The summed E-state index contributed by atoms with van der Waals surface area (Å²) in [7, 11) is 0. The average molecular weight is 410 g/mol. The molecule has 2 heterocycles. The Morgan fingerprint density at radius 1 is 1.13 bits per heavy atom. The van der Waals surface area contributed by atoms with E-state index in [0.717, 1.165) is 10.5 Å². The molecule has 30 heavy (non-hydrogen) atoms. The molecule has 0 radical (unpaired) electrons. The number of hydrogen-bond acceptors (Lipinski definition) is 7. The molecule has 1 N–H and O–H groups in total. The fourth-order valence-corrected chi connectivity index (χ4v) is 3.27. The molecular formula is C21H18N2O7. The van der Waals surface area contributed by atoms with E-state index in [1.54, 1.807) is 43.3 Å². The van der Waals surface area contributed by atoms with E-state index in [0.29, 0.717) is 17.2 Å². The van der Waals surface area contributed by atoms with Gasteiger partial charge in [0.15, 0.2) is 18.1 Å². The van der Waals surface area contributed by atoms with Crippen molar-refractivity contribution in [1.29, 1.82) is 0 Å². The van der Waals surface area contributed by atoms with Gasteiger partial charge in [-0.25, -0.2) is 0 Å². The molecule has 2 amide bonds. The molecule has 154 valence electrons. The van der Waals surface area contributed by atoms with Crippen molar-refractivity contribution in [2.75, 3.05) is 24.8 Å². The maximum absolute atomic E-state index is 12.1. The molecule has 0 unspecified atom stereocenters. The van der Waals surface area contributed by atoms with Crippen LogP contribution in [0.4, 0.5) is 5.69 Å². The van der Waals surface area contributed by atoms with Gasteiger partial charge in [-0.1, -0.05) is 18.2 Å². The summed E-state index contributed by atoms with van der Waals surface area (Å²) >= 11 is 0. The Bertz CT molecular complexity index is 1050. The first-order chi connectivity index (χ1) is 14.4. The number of amides is 2. The highest BCUT2D eigenvalue weighted by Gasteiger charge is 2.36. The molecule has 0 aliphatic carbocycles. The summed E-state index contributed by atoms with van der Waals surface area (Å²) in [4.78, 5) is 49.3. The van der Waals surface area contributed by atoms with Gasteiger partial charge in [0.2, 0.25) is 6.79 Å². The number of nitrogens with one attached hydrogen (secondary N) is 1. The summed E-state index contributed by atoms with van der Waals surface area (Å²) < 4.78 is 15.5. The number of fused-ring (bicyclic) bond motifs is 2. The van der Waals surface area contributed by atoms with Gasteiger partial charge in [0, 0.05) is 0 Å². The van der Waals surface area contributed by atoms with Crippen molar-refractivity contribution >= 4 is 29.3 Å². The van der Waals surface area contributed by atoms with Crippen molar-refractivity contribution in [3.05, 3.63) is 53.6 Å². The van der Waals surface area contributed by atoms with Gasteiger partial charge in [0.25, 0.3) is 17.6 Å². The number of ketones is 1. The Kier molecular flexibility index (Phi) is 5.09. The fraction of sp³-hybridized carbons (Fsp3) is 0.238. The lowest BCUT2D eigenvalue weighted by atomic mass is 10.1. The van der Waals surface area contributed by atoms with E-state index in [4.69, 9.17) is 14.2 Å². The van der Waals surface area contributed by atoms with Gasteiger partial charge in [-0.2, -0.15) is 0 Å². The molecule has 0 aromatic heterocycles. The SMILES string of the molecule is C[C@@H](NC(=O)COC(=O)CN1C(=O)C(=O)c2ccccc21)c1ccc2c(c1)OCO2. The number of Topliss-reactive ketones (excluding diaryl/α,β-unsaturated/α-hetero) is 1. The van der Waals surface area contributed by atoms with Crippen LogP contribution in [-0.4, -0.2) is 43.5 Å². The fourth-order valence-electron chi connectivity index (χ4n) is 3.27. The Morgan fingerprint density at radius 2 is 1.90 bits per heavy atom. The van der Waals surface area contributed by atoms with Crippen molar-refractivity contribution < 1.29 is 33.4 Å². The van der Waals surface area contributed by atoms with Gasteiger partial charge in [-0.15, -0.1) is 0 Å². The summed E-state index contributed by atoms with van der Waals surface area (Å²) in [5, 5.41) is 2.72. The number of anilines is 1. The molecule has 2 aromatic carbocycles. The second kappa shape index (κ2) is 7.86. The molecule has 0 spiro atoms. The second-order valence-corrected chi connectivity index (χ2v) is 6.80. The lowest BCUT2D eigenvalue weighted by molar-refractivity contribution is -0.147. The summed E-state index contributed by atoms with van der Waals surface area (Å²) in [6.07, 6.45) is 0. The third-order valence-corrected chi connectivity index (χ3v) is 4.80. The molecule has 0 saturated carbocycles. The minimum absolute atomic E-state index is 0.158. The Morgan fingerprint density at radius 3 is 2.73 bits per heavy atom. The van der Waals surface area contributed by atoms with Crippen LogP contribution >= 0.6 is 0 Å². The van der Waals surface area contributed by atoms with E-state index in [1.165, 1.54) is 6.07 Å². The van der Waals surface area contributed by atoms with Gasteiger partial charge in [-0.05, 0) is 36.8 Å². The van der Waals surface area contributed by atoms with Gasteiger partial charge in [0.1, 0.15) is 6.54 Å². The summed E-state index contributed by atoms with van der Waals surface area (Å²) in [6, 6.07) is 11.4. The second-order valence-electron chi connectivity index (χ2n) is 6.80. The third-order valence-electron chi connectivity index (χ3n) is 4.80. The number of hydrogen-bond donors (Lipinski definition) is 1. The number of ether oxygens (including phenoxy) is 3. The lowest BCUT2D eigenvalue weighted by Gasteiger charge is -2.17. The van der Waals surface area contributed by atoms with Crippen molar-refractivity contribution in [3.8, 4) is 11.5 Å². The normalized spacial score (nSPS) is 15.0. The van der Waals surface area contributed by atoms with E-state index in [9.17, 15) is 19.2 Å². The molecule has 9 nitrogen and oxygen atoms in total. The van der Waals surface area contributed by atoms with Crippen molar-refractivity contribution in [1.82, 2.24) is 5.32 Å². The van der Waals surface area contributed by atoms with Crippen LogP contribution in [0.1, 0.15) is 28.9 Å². The molecule has 0 bridgehead atoms. The third kappa shape index (κ3) is 3.69. The standard InChI is InChI=1S/C21H18N2O7/c1-12(13-6-7-16-17(8-13)30-11-29-16)22-18(24)10-28-19(25)9-23-15-5-3-2-4-14(15)20(26)21(23)27/h2-8,12H,9-11H2,1H3,(H,22,24)/t12-/m1/s1. The predicted octanol–water partition coefficient (Wildman–Crippen LogP) is 1.37. The number of benzene rings is 2. The maximum Gasteiger partial charge on any atom is 0.326 e. The van der Waals surface area contributed by atoms with Crippen molar-refractivity contribution in [2.24, 2.45) is 0 Å². The monoisotopic (exact) mass is 410 g/mol. The molecular weight excluding hydrogens is 392 g/mol. The van der Waals surface area contributed by atoms with Gasteiger partial charge in [-0.3, -0.25) is 24.1 Å². The Hall–Kier alpha value is -3.88. The minimum atomic E-state index is -0.797. The minimum Gasteiger partial charge on any atom is -0.454 e. The molecule has 2 aliphatic rings. The lowest BCUT2D eigenvalue weighted by Crippen LogP contribution is -2.37. The Balaban J connectivity index is 1.29. The first kappa shape index (κ1) is 19.4. The first-order valence-corrected chi connectivity index (χ1v) is 9.24. The molecule has 2 aliphatic heterocycles. The highest BCUT2D eigenvalue weighted by Crippen LogP contribution is 2.34. The van der Waals surface area contributed by atoms with Crippen LogP contribution in [0.15, 0.2) is 42.5 Å². The Labute approximate surface area is 171 Å². The van der Waals surface area contributed by atoms with Crippen LogP contribution in [-0.2, 0) is 19.1 Å². The highest BCUT2D eigenvalue weighted by molar-refractivity contribution is 6.52. The van der Waals surface area contributed by atoms with Crippen molar-refractivity contribution in [3.63, 3.8) is 0 Å². The van der Waals surface area contributed by atoms with Crippen LogP contribution < -0.4 is 19.7 Å². The molecule has 1 atom stereocenters. The van der Waals surface area contributed by atoms with E-state index in [1.807, 2.05) is 0 Å². The predicted molar refractivity (Wildman–Crippen MR) is 103 cm³/mol. The van der Waals surface area contributed by atoms with E-state index in [-0.39, 0.29) is 18.4 Å². The number of carbonyl (C=O) groups excluding carboxylic acids is 4. The van der Waals surface area contributed by atoms with Gasteiger partial charge in [0.05, 0.1) is 17.3 Å². The summed E-state index contributed by atoms with van der Waals surface area (Å²) in [5.41, 5.74) is 1.40. The van der Waals surface area contributed by atoms with Crippen LogP contribution in [0, 0.1) is 0 Å². The van der Waals surface area contributed by atoms with Gasteiger partial charge < -0.3 is 19.5 Å². The number of carbonyl (C=O) groups is 4. The average Bonchev–Trinajstić information content (AvgIpc) is 3.31. The zero-order valence-corrected chi connectivity index (χ0v) is 16.0. The van der Waals surface area contributed by atoms with Crippen LogP contribution in [0.3, 0.4) is 0 Å². The largest absolute Gasteiger partial charge is 0.454 e. The van der Waals surface area contributed by atoms with Crippen LogP contribution in [0.2, 0.25) is 0 Å². The molecule has 0 fully saturated rings. The van der Waals surface area contributed by atoms with Crippen LogP contribution in [0.5, 0.6) is 11.5 Å². The maximum atomic E-state index is 12.1. The summed E-state index contributed by atoms with van der Waals surface area (Å²) in [6.45, 7) is 0.978. The van der Waals surface area contributed by atoms with Gasteiger partial charge >= 0.3 is 5.97 Å². The topological polar surface area (TPSA) is 111 Å². The number of nitrogens with zero attached hydrogens (tertiary/aromatic N) is 1. The van der Waals surface area contributed by atoms with E-state index < -0.39 is 36.7 Å². The summed E-state index contributed by atoms with van der Waals surface area (Å²) in [5.74, 6) is -1.52. The number of rotatable bonds is 6. The van der Waals surface area contributed by atoms with Crippen LogP contribution in [0.25, 0.3) is 0 Å². The smallest absolute Gasteiger partial charge is 0.326 e. The zero-order chi connectivity index (χ0) is 21.3.